The summed E-state index contributed by atoms with van der Waals surface area (Å²) in [7, 11) is 0. The van der Waals surface area contributed by atoms with Crippen LogP contribution in [0.4, 0.5) is 13.2 Å². The van der Waals surface area contributed by atoms with Crippen molar-refractivity contribution in [2.75, 3.05) is 13.1 Å². The summed E-state index contributed by atoms with van der Waals surface area (Å²) >= 11 is 0. The van der Waals surface area contributed by atoms with Gasteiger partial charge in [-0.2, -0.15) is 13.2 Å². The molecule has 0 aliphatic carbocycles. The first-order chi connectivity index (χ1) is 8.88. The average molecular weight is 271 g/mol. The predicted molar refractivity (Wildman–Crippen MR) is 61.6 cm³/mol. The third-order valence-corrected chi connectivity index (χ3v) is 3.07. The van der Waals surface area contributed by atoms with Crippen molar-refractivity contribution in [3.8, 4) is 0 Å². The second-order valence-corrected chi connectivity index (χ2v) is 4.41. The fourth-order valence-corrected chi connectivity index (χ4v) is 1.94. The van der Waals surface area contributed by atoms with Crippen LogP contribution in [0.25, 0.3) is 0 Å². The molecule has 1 aliphatic rings. The minimum atomic E-state index is -4.40. The second-order valence-electron chi connectivity index (χ2n) is 4.41. The van der Waals surface area contributed by atoms with Crippen molar-refractivity contribution in [2.45, 2.75) is 19.0 Å². The number of nitrogens with zero attached hydrogens (tertiary/aromatic N) is 1. The molecule has 0 radical (unpaired) electrons. The van der Waals surface area contributed by atoms with Crippen LogP contribution in [0, 0.1) is 0 Å². The fourth-order valence-electron chi connectivity index (χ4n) is 1.94. The Morgan fingerprint density at radius 3 is 2.05 bits per heavy atom. The Bertz CT molecular complexity index is 484. The Kier molecular flexibility index (Phi) is 3.59. The molecule has 19 heavy (non-hydrogen) atoms. The van der Waals surface area contributed by atoms with Gasteiger partial charge in [0.25, 0.3) is 5.91 Å². The van der Waals surface area contributed by atoms with E-state index < -0.39 is 11.7 Å². The molecule has 2 rings (SSSR count). The van der Waals surface area contributed by atoms with E-state index in [0.717, 1.165) is 12.1 Å². The van der Waals surface area contributed by atoms with Crippen molar-refractivity contribution in [1.29, 1.82) is 0 Å². The van der Waals surface area contributed by atoms with E-state index in [1.165, 1.54) is 17.0 Å². The minimum absolute atomic E-state index is 0.108. The molecule has 0 N–H and O–H groups in total. The van der Waals surface area contributed by atoms with Gasteiger partial charge in [-0.3, -0.25) is 9.59 Å². The number of carbonyl (C=O) groups excluding carboxylic acids is 2. The molecule has 0 saturated carbocycles. The molecule has 0 bridgehead atoms. The summed E-state index contributed by atoms with van der Waals surface area (Å²) in [6.07, 6.45) is -3.78. The molecule has 102 valence electrons. The van der Waals surface area contributed by atoms with Gasteiger partial charge in [0, 0.05) is 31.5 Å². The maximum atomic E-state index is 12.4. The molecule has 0 unspecified atom stereocenters. The molecule has 1 aromatic carbocycles. The molecule has 1 aromatic rings. The summed E-state index contributed by atoms with van der Waals surface area (Å²) in [6, 6.07) is 4.12. The van der Waals surface area contributed by atoms with E-state index in [2.05, 4.69) is 0 Å². The van der Waals surface area contributed by atoms with Gasteiger partial charge in [0.05, 0.1) is 5.56 Å². The van der Waals surface area contributed by atoms with E-state index in [-0.39, 0.29) is 17.3 Å². The van der Waals surface area contributed by atoms with Crippen LogP contribution in [-0.4, -0.2) is 29.7 Å². The maximum Gasteiger partial charge on any atom is 0.416 e. The first kappa shape index (κ1) is 13.6. The Morgan fingerprint density at radius 2 is 1.58 bits per heavy atom. The highest BCUT2D eigenvalue weighted by atomic mass is 19.4. The molecule has 0 spiro atoms. The van der Waals surface area contributed by atoms with Gasteiger partial charge in [0.15, 0.2) is 0 Å². The van der Waals surface area contributed by atoms with Crippen LogP contribution in [0.2, 0.25) is 0 Å². The van der Waals surface area contributed by atoms with E-state index in [1.807, 2.05) is 0 Å². The van der Waals surface area contributed by atoms with Crippen LogP contribution < -0.4 is 0 Å². The number of carbonyl (C=O) groups is 2. The van der Waals surface area contributed by atoms with Gasteiger partial charge in [0.2, 0.25) is 0 Å². The number of benzene rings is 1. The van der Waals surface area contributed by atoms with Crippen LogP contribution in [0.5, 0.6) is 0 Å². The van der Waals surface area contributed by atoms with Crippen molar-refractivity contribution in [1.82, 2.24) is 4.90 Å². The minimum Gasteiger partial charge on any atom is -0.338 e. The first-order valence-corrected chi connectivity index (χ1v) is 5.86. The molecular formula is C13H12F3NO2. The average Bonchev–Trinajstić information content (AvgIpc) is 2.38. The standard InChI is InChI=1S/C13H12F3NO2/c14-13(15,16)10-3-1-9(2-4-10)12(19)17-7-5-11(18)6-8-17/h1-4H,5-8H2. The number of piperidine rings is 1. The molecule has 1 heterocycles. The van der Waals surface area contributed by atoms with Crippen molar-refractivity contribution in [2.24, 2.45) is 0 Å². The SMILES string of the molecule is O=C1CCN(C(=O)c2ccc(C(F)(F)F)cc2)CC1. The van der Waals surface area contributed by atoms with Gasteiger partial charge in [0.1, 0.15) is 5.78 Å². The molecule has 1 fully saturated rings. The monoisotopic (exact) mass is 271 g/mol. The number of halogens is 3. The van der Waals surface area contributed by atoms with Crippen LogP contribution in [0.15, 0.2) is 24.3 Å². The van der Waals surface area contributed by atoms with E-state index in [0.29, 0.717) is 25.9 Å². The Labute approximate surface area is 108 Å². The number of amides is 1. The van der Waals surface area contributed by atoms with Crippen LogP contribution in [0.1, 0.15) is 28.8 Å². The fraction of sp³-hybridized carbons (Fsp3) is 0.385. The van der Waals surface area contributed by atoms with Gasteiger partial charge in [-0.15, -0.1) is 0 Å². The Balaban J connectivity index is 2.10. The van der Waals surface area contributed by atoms with Gasteiger partial charge in [-0.25, -0.2) is 0 Å². The molecule has 1 aliphatic heterocycles. The van der Waals surface area contributed by atoms with E-state index >= 15 is 0 Å². The van der Waals surface area contributed by atoms with Gasteiger partial charge < -0.3 is 4.90 Å². The highest BCUT2D eigenvalue weighted by Gasteiger charge is 2.30. The molecule has 6 heteroatoms. The number of likely N-dealkylation sites (tertiary alicyclic amines) is 1. The zero-order valence-corrected chi connectivity index (χ0v) is 10.0. The lowest BCUT2D eigenvalue weighted by Crippen LogP contribution is -2.38. The molecular weight excluding hydrogens is 259 g/mol. The number of hydrogen-bond acceptors (Lipinski definition) is 2. The zero-order valence-electron chi connectivity index (χ0n) is 10.0. The number of hydrogen-bond donors (Lipinski definition) is 0. The number of alkyl halides is 3. The van der Waals surface area contributed by atoms with Crippen LogP contribution in [-0.2, 0) is 11.0 Å². The smallest absolute Gasteiger partial charge is 0.338 e. The Hall–Kier alpha value is -1.85. The van der Waals surface area contributed by atoms with E-state index in [9.17, 15) is 22.8 Å². The molecule has 0 aromatic heterocycles. The lowest BCUT2D eigenvalue weighted by molar-refractivity contribution is -0.137. The largest absolute Gasteiger partial charge is 0.416 e. The second kappa shape index (κ2) is 5.03. The normalized spacial score (nSPS) is 16.6. The summed E-state index contributed by atoms with van der Waals surface area (Å²) in [5.41, 5.74) is -0.569. The van der Waals surface area contributed by atoms with Crippen LogP contribution >= 0.6 is 0 Å². The summed E-state index contributed by atoms with van der Waals surface area (Å²) in [5, 5.41) is 0. The summed E-state index contributed by atoms with van der Waals surface area (Å²) in [5.74, 6) is -0.224. The first-order valence-electron chi connectivity index (χ1n) is 5.86. The van der Waals surface area contributed by atoms with Gasteiger partial charge in [-0.1, -0.05) is 0 Å². The van der Waals surface area contributed by atoms with Gasteiger partial charge in [-0.05, 0) is 24.3 Å². The van der Waals surface area contributed by atoms with Crippen molar-refractivity contribution in [3.05, 3.63) is 35.4 Å². The third-order valence-electron chi connectivity index (χ3n) is 3.07. The lowest BCUT2D eigenvalue weighted by Gasteiger charge is -2.26. The lowest BCUT2D eigenvalue weighted by atomic mass is 10.1. The third kappa shape index (κ3) is 3.13. The van der Waals surface area contributed by atoms with E-state index in [4.69, 9.17) is 0 Å². The molecule has 1 amide bonds. The van der Waals surface area contributed by atoms with Gasteiger partial charge >= 0.3 is 6.18 Å². The molecule has 0 atom stereocenters. The number of rotatable bonds is 1. The summed E-state index contributed by atoms with van der Waals surface area (Å²) < 4.78 is 37.2. The van der Waals surface area contributed by atoms with Crippen LogP contribution in [0.3, 0.4) is 0 Å². The maximum absolute atomic E-state index is 12.4. The predicted octanol–water partition coefficient (Wildman–Crippen LogP) is 2.51. The van der Waals surface area contributed by atoms with Crippen molar-refractivity contribution >= 4 is 11.7 Å². The number of Topliss-reactive ketones (excluding diaryl/α,β-unsaturated/α-hetero) is 1. The van der Waals surface area contributed by atoms with E-state index in [1.54, 1.807) is 0 Å². The van der Waals surface area contributed by atoms with Crippen molar-refractivity contribution < 1.29 is 22.8 Å². The molecule has 1 saturated heterocycles. The van der Waals surface area contributed by atoms with Crippen molar-refractivity contribution in [3.63, 3.8) is 0 Å². The zero-order chi connectivity index (χ0) is 14.0. The topological polar surface area (TPSA) is 37.4 Å². The summed E-state index contributed by atoms with van der Waals surface area (Å²) in [4.78, 5) is 24.6. The molecule has 3 nitrogen and oxygen atoms in total. The number of ketones is 1. The summed E-state index contributed by atoms with van der Waals surface area (Å²) in [6.45, 7) is 0.664. The highest BCUT2D eigenvalue weighted by molar-refractivity contribution is 5.95. The quantitative estimate of drug-likeness (QED) is 0.787. The Morgan fingerprint density at radius 1 is 1.05 bits per heavy atom. The highest BCUT2D eigenvalue weighted by Crippen LogP contribution is 2.29.